The van der Waals surface area contributed by atoms with Gasteiger partial charge in [0.05, 0.1) is 12.1 Å². The number of pyridine rings is 1. The highest BCUT2D eigenvalue weighted by Crippen LogP contribution is 2.31. The first kappa shape index (κ1) is 20.9. The molecule has 1 heterocycles. The van der Waals surface area contributed by atoms with Gasteiger partial charge in [0.15, 0.2) is 0 Å². The first-order chi connectivity index (χ1) is 14.3. The molecular weight excluding hydrogens is 376 g/mol. The average Bonchev–Trinajstić information content (AvgIpc) is 2.70. The molecule has 0 aliphatic carbocycles. The number of carbonyl (C=O) groups excluding carboxylic acids is 1. The lowest BCUT2D eigenvalue weighted by molar-refractivity contribution is -0.115. The molecule has 0 bridgehead atoms. The van der Waals surface area contributed by atoms with Crippen LogP contribution >= 0.6 is 0 Å². The number of aromatic nitrogens is 1. The zero-order valence-electron chi connectivity index (χ0n) is 17.2. The second-order valence-corrected chi connectivity index (χ2v) is 7.50. The van der Waals surface area contributed by atoms with Crippen molar-refractivity contribution in [2.75, 3.05) is 11.1 Å². The van der Waals surface area contributed by atoms with Crippen molar-refractivity contribution in [3.63, 3.8) is 0 Å². The number of hydrogen-bond acceptors (Lipinski definition) is 5. The molecule has 1 aromatic heterocycles. The fourth-order valence-electron chi connectivity index (χ4n) is 3.34. The van der Waals surface area contributed by atoms with Crippen LogP contribution in [-0.4, -0.2) is 16.0 Å². The Kier molecular flexibility index (Phi) is 6.03. The summed E-state index contributed by atoms with van der Waals surface area (Å²) < 4.78 is 0. The predicted octanol–water partition coefficient (Wildman–Crippen LogP) is 4.52. The number of nitrogen functional groups attached to an aromatic ring is 1. The summed E-state index contributed by atoms with van der Waals surface area (Å²) in [5, 5.41) is 22.5. The third-order valence-corrected chi connectivity index (χ3v) is 4.91. The molecule has 0 saturated carbocycles. The molecule has 2 aromatic carbocycles. The summed E-state index contributed by atoms with van der Waals surface area (Å²) in [6, 6.07) is 16.7. The molecule has 6 nitrogen and oxygen atoms in total. The van der Waals surface area contributed by atoms with Gasteiger partial charge in [0.1, 0.15) is 23.2 Å². The normalized spacial score (nSPS) is 10.6. The van der Waals surface area contributed by atoms with Gasteiger partial charge >= 0.3 is 0 Å². The van der Waals surface area contributed by atoms with E-state index >= 15 is 0 Å². The zero-order chi connectivity index (χ0) is 21.8. The van der Waals surface area contributed by atoms with Crippen LogP contribution in [0.5, 0.6) is 5.75 Å². The second-order valence-electron chi connectivity index (χ2n) is 7.50. The van der Waals surface area contributed by atoms with Gasteiger partial charge in [0.2, 0.25) is 5.91 Å². The number of phenolic OH excluding ortho intramolecular Hbond substituents is 1. The molecule has 4 N–H and O–H groups in total. The number of phenols is 1. The average molecular weight is 400 g/mol. The highest BCUT2D eigenvalue weighted by Gasteiger charge is 2.16. The van der Waals surface area contributed by atoms with Crippen molar-refractivity contribution in [3.05, 3.63) is 70.9 Å². The highest BCUT2D eigenvalue weighted by molar-refractivity contribution is 5.93. The summed E-state index contributed by atoms with van der Waals surface area (Å²) in [5.41, 5.74) is 10.4. The number of nitrogens with two attached hydrogens (primary N) is 1. The first-order valence-electron chi connectivity index (χ1n) is 9.68. The molecule has 30 heavy (non-hydrogen) atoms. The first-order valence-corrected chi connectivity index (χ1v) is 9.68. The summed E-state index contributed by atoms with van der Waals surface area (Å²) in [5.74, 6) is 0.183. The van der Waals surface area contributed by atoms with Crippen LogP contribution in [0.15, 0.2) is 48.5 Å². The van der Waals surface area contributed by atoms with E-state index in [0.29, 0.717) is 22.5 Å². The Bertz CT molecular complexity index is 1130. The van der Waals surface area contributed by atoms with Crippen molar-refractivity contribution in [1.82, 2.24) is 4.98 Å². The van der Waals surface area contributed by atoms with Gasteiger partial charge < -0.3 is 16.2 Å². The Balaban J connectivity index is 1.89. The SMILES string of the molecule is Cc1cc(O)c(C(C)C)cc1NC(=O)Cc1cc(-c2ccccc2)c(C#N)c(N)n1. The minimum absolute atomic E-state index is 0.00701. The number of hydrogen-bond donors (Lipinski definition) is 3. The maximum Gasteiger partial charge on any atom is 0.230 e. The van der Waals surface area contributed by atoms with Crippen molar-refractivity contribution in [2.24, 2.45) is 0 Å². The molecule has 0 aliphatic rings. The minimum atomic E-state index is -0.255. The fraction of sp³-hybridized carbons (Fsp3) is 0.208. The van der Waals surface area contributed by atoms with Gasteiger partial charge in [-0.2, -0.15) is 5.26 Å². The Morgan fingerprint density at radius 1 is 1.23 bits per heavy atom. The van der Waals surface area contributed by atoms with E-state index in [-0.39, 0.29) is 29.8 Å². The molecule has 0 fully saturated rings. The van der Waals surface area contributed by atoms with Crippen molar-refractivity contribution >= 4 is 17.4 Å². The number of aromatic hydroxyl groups is 1. The Hall–Kier alpha value is -3.85. The van der Waals surface area contributed by atoms with Crippen LogP contribution < -0.4 is 11.1 Å². The van der Waals surface area contributed by atoms with Crippen molar-refractivity contribution in [1.29, 1.82) is 5.26 Å². The Morgan fingerprint density at radius 2 is 1.93 bits per heavy atom. The fourth-order valence-corrected chi connectivity index (χ4v) is 3.34. The number of nitrogens with zero attached hydrogens (tertiary/aromatic N) is 2. The molecule has 1 amide bonds. The molecule has 0 atom stereocenters. The summed E-state index contributed by atoms with van der Waals surface area (Å²) in [7, 11) is 0. The standard InChI is InChI=1S/C24H24N4O2/c1-14(2)18-12-21(15(3)9-22(18)29)28-23(30)11-17-10-19(16-7-5-4-6-8-16)20(13-25)24(26)27-17/h4-10,12,14,29H,11H2,1-3H3,(H2,26,27)(H,28,30). The van der Waals surface area contributed by atoms with Gasteiger partial charge in [-0.05, 0) is 47.7 Å². The number of nitriles is 1. The van der Waals surface area contributed by atoms with Crippen LogP contribution in [0.25, 0.3) is 11.1 Å². The van der Waals surface area contributed by atoms with E-state index in [2.05, 4.69) is 16.4 Å². The Labute approximate surface area is 176 Å². The van der Waals surface area contributed by atoms with Crippen molar-refractivity contribution < 1.29 is 9.90 Å². The quantitative estimate of drug-likeness (QED) is 0.545. The Morgan fingerprint density at radius 3 is 2.57 bits per heavy atom. The smallest absolute Gasteiger partial charge is 0.230 e. The molecule has 0 radical (unpaired) electrons. The lowest BCUT2D eigenvalue weighted by Crippen LogP contribution is -2.17. The highest BCUT2D eigenvalue weighted by atomic mass is 16.3. The van der Waals surface area contributed by atoms with E-state index in [1.807, 2.05) is 51.1 Å². The summed E-state index contributed by atoms with van der Waals surface area (Å²) >= 11 is 0. The molecule has 152 valence electrons. The van der Waals surface area contributed by atoms with Crippen LogP contribution in [0.4, 0.5) is 11.5 Å². The lowest BCUT2D eigenvalue weighted by Gasteiger charge is -2.15. The predicted molar refractivity (Wildman–Crippen MR) is 118 cm³/mol. The summed E-state index contributed by atoms with van der Waals surface area (Å²) in [6.45, 7) is 5.78. The van der Waals surface area contributed by atoms with Gasteiger partial charge in [-0.3, -0.25) is 4.79 Å². The molecule has 3 rings (SSSR count). The van der Waals surface area contributed by atoms with Crippen molar-refractivity contribution in [2.45, 2.75) is 33.1 Å². The van der Waals surface area contributed by atoms with E-state index in [9.17, 15) is 15.2 Å². The number of carbonyl (C=O) groups is 1. The van der Waals surface area contributed by atoms with Gasteiger partial charge in [0, 0.05) is 11.3 Å². The van der Waals surface area contributed by atoms with Crippen LogP contribution in [-0.2, 0) is 11.2 Å². The van der Waals surface area contributed by atoms with Crippen molar-refractivity contribution in [3.8, 4) is 22.9 Å². The van der Waals surface area contributed by atoms with Crippen LogP contribution in [0, 0.1) is 18.3 Å². The number of amides is 1. The van der Waals surface area contributed by atoms with Gasteiger partial charge in [-0.1, -0.05) is 44.2 Å². The number of rotatable bonds is 5. The summed E-state index contributed by atoms with van der Waals surface area (Å²) in [4.78, 5) is 16.9. The minimum Gasteiger partial charge on any atom is -0.508 e. The lowest BCUT2D eigenvalue weighted by atomic mass is 9.98. The molecule has 0 saturated heterocycles. The topological polar surface area (TPSA) is 112 Å². The molecule has 0 spiro atoms. The third-order valence-electron chi connectivity index (χ3n) is 4.91. The van der Waals surface area contributed by atoms with Crippen LogP contribution in [0.3, 0.4) is 0 Å². The van der Waals surface area contributed by atoms with Gasteiger partial charge in [-0.25, -0.2) is 4.98 Å². The maximum atomic E-state index is 12.7. The molecule has 3 aromatic rings. The van der Waals surface area contributed by atoms with E-state index in [4.69, 9.17) is 5.73 Å². The molecular formula is C24H24N4O2. The molecule has 0 aliphatic heterocycles. The maximum absolute atomic E-state index is 12.7. The van der Waals surface area contributed by atoms with E-state index in [0.717, 1.165) is 16.7 Å². The number of anilines is 2. The zero-order valence-corrected chi connectivity index (χ0v) is 17.2. The van der Waals surface area contributed by atoms with Crippen LogP contribution in [0.1, 0.15) is 42.1 Å². The van der Waals surface area contributed by atoms with E-state index in [1.54, 1.807) is 18.2 Å². The second kappa shape index (κ2) is 8.66. The number of benzene rings is 2. The van der Waals surface area contributed by atoms with E-state index < -0.39 is 0 Å². The molecule has 6 heteroatoms. The number of aryl methyl sites for hydroxylation is 1. The largest absolute Gasteiger partial charge is 0.508 e. The van der Waals surface area contributed by atoms with Gasteiger partial charge in [0.25, 0.3) is 0 Å². The van der Waals surface area contributed by atoms with Gasteiger partial charge in [-0.15, -0.1) is 0 Å². The van der Waals surface area contributed by atoms with Crippen LogP contribution in [0.2, 0.25) is 0 Å². The third kappa shape index (κ3) is 4.41. The molecule has 0 unspecified atom stereocenters. The summed E-state index contributed by atoms with van der Waals surface area (Å²) in [6.07, 6.45) is 0.00701. The van der Waals surface area contributed by atoms with E-state index in [1.165, 1.54) is 0 Å². The monoisotopic (exact) mass is 400 g/mol. The number of nitrogens with one attached hydrogen (secondary N) is 1.